The van der Waals surface area contributed by atoms with Gasteiger partial charge in [0.15, 0.2) is 0 Å². The molecule has 0 amide bonds. The highest BCUT2D eigenvalue weighted by Crippen LogP contribution is 2.25. The van der Waals surface area contributed by atoms with Crippen molar-refractivity contribution in [3.63, 3.8) is 0 Å². The van der Waals surface area contributed by atoms with Gasteiger partial charge in [-0.15, -0.1) is 0 Å². The molecule has 1 heterocycles. The maximum Gasteiger partial charge on any atom is 0.133 e. The van der Waals surface area contributed by atoms with Gasteiger partial charge in [0.25, 0.3) is 0 Å². The number of hydrogen-bond acceptors (Lipinski definition) is 1. The molecule has 0 aliphatic heterocycles. The first-order valence-electron chi connectivity index (χ1n) is 5.61. The van der Waals surface area contributed by atoms with Gasteiger partial charge in [-0.05, 0) is 18.6 Å². The van der Waals surface area contributed by atoms with Gasteiger partial charge in [-0.1, -0.05) is 46.9 Å². The topological polar surface area (TPSA) is 13.1 Å². The molecule has 1 heteroatoms. The van der Waals surface area contributed by atoms with E-state index in [2.05, 4.69) is 27.0 Å². The van der Waals surface area contributed by atoms with Gasteiger partial charge in [-0.2, -0.15) is 0 Å². The molecule has 1 aromatic heterocycles. The minimum absolute atomic E-state index is 0.465. The van der Waals surface area contributed by atoms with E-state index in [-0.39, 0.29) is 0 Å². The van der Waals surface area contributed by atoms with Crippen molar-refractivity contribution in [3.8, 4) is 0 Å². The zero-order valence-electron chi connectivity index (χ0n) is 10.3. The van der Waals surface area contributed by atoms with Crippen LogP contribution in [0.5, 0.6) is 0 Å². The van der Waals surface area contributed by atoms with Crippen molar-refractivity contribution >= 4 is 12.2 Å². The molecule has 1 nitrogen and oxygen atoms in total. The monoisotopic (exact) mass is 206 g/mol. The molecule has 1 unspecified atom stereocenters. The van der Waals surface area contributed by atoms with Gasteiger partial charge in [0.1, 0.15) is 11.5 Å². The van der Waals surface area contributed by atoms with E-state index >= 15 is 0 Å². The lowest BCUT2D eigenvalue weighted by molar-refractivity contribution is 0.463. The Bertz CT molecular complexity index is 282. The van der Waals surface area contributed by atoms with Crippen LogP contribution in [0.1, 0.15) is 57.1 Å². The Balaban J connectivity index is 0.000000921. The Morgan fingerprint density at radius 1 is 1.33 bits per heavy atom. The summed E-state index contributed by atoms with van der Waals surface area (Å²) < 4.78 is 5.62. The summed E-state index contributed by atoms with van der Waals surface area (Å²) in [5.74, 6) is 2.31. The first-order chi connectivity index (χ1) is 7.22. The zero-order chi connectivity index (χ0) is 11.8. The summed E-state index contributed by atoms with van der Waals surface area (Å²) in [5.41, 5.74) is 1.03. The fraction of sp³-hybridized carbons (Fsp3) is 0.429. The van der Waals surface area contributed by atoms with Crippen LogP contribution in [-0.2, 0) is 0 Å². The first-order valence-corrected chi connectivity index (χ1v) is 5.61. The van der Waals surface area contributed by atoms with Crippen LogP contribution in [0.25, 0.3) is 12.2 Å². The van der Waals surface area contributed by atoms with Crippen LogP contribution < -0.4 is 0 Å². The molecule has 1 rings (SSSR count). The summed E-state index contributed by atoms with van der Waals surface area (Å²) in [4.78, 5) is 0. The number of hydrogen-bond donors (Lipinski definition) is 0. The third-order valence-electron chi connectivity index (χ3n) is 2.31. The Morgan fingerprint density at radius 2 is 1.93 bits per heavy atom. The largest absolute Gasteiger partial charge is 0.461 e. The van der Waals surface area contributed by atoms with Crippen molar-refractivity contribution < 1.29 is 4.42 Å². The summed E-state index contributed by atoms with van der Waals surface area (Å²) in [6.07, 6.45) is 4.61. The number of furan rings is 1. The molecule has 0 radical (unpaired) electrons. The third-order valence-corrected chi connectivity index (χ3v) is 2.31. The fourth-order valence-corrected chi connectivity index (χ4v) is 1.20. The lowest BCUT2D eigenvalue weighted by atomic mass is 10.1. The molecule has 0 fully saturated rings. The van der Waals surface area contributed by atoms with E-state index in [1.54, 1.807) is 12.2 Å². The summed E-state index contributed by atoms with van der Waals surface area (Å²) in [5, 5.41) is 0. The molecule has 0 bridgehead atoms. The average Bonchev–Trinajstić information content (AvgIpc) is 2.73. The molecule has 15 heavy (non-hydrogen) atoms. The molecule has 0 aliphatic carbocycles. The van der Waals surface area contributed by atoms with Crippen molar-refractivity contribution in [1.29, 1.82) is 0 Å². The van der Waals surface area contributed by atoms with Gasteiger partial charge in [0.05, 0.1) is 0 Å². The minimum atomic E-state index is 0.465. The normalized spacial score (nSPS) is 11.2. The molecule has 0 saturated carbocycles. The highest BCUT2D eigenvalue weighted by molar-refractivity contribution is 5.60. The number of rotatable bonds is 4. The summed E-state index contributed by atoms with van der Waals surface area (Å²) in [6, 6.07) is 2.04. The summed E-state index contributed by atoms with van der Waals surface area (Å²) >= 11 is 0. The Hall–Kier alpha value is -1.24. The first kappa shape index (κ1) is 13.8. The van der Waals surface area contributed by atoms with E-state index in [4.69, 9.17) is 4.42 Å². The second-order valence-electron chi connectivity index (χ2n) is 3.19. The lowest BCUT2D eigenvalue weighted by Crippen LogP contribution is -1.86. The van der Waals surface area contributed by atoms with E-state index in [0.717, 1.165) is 23.5 Å². The van der Waals surface area contributed by atoms with E-state index in [0.29, 0.717) is 5.92 Å². The van der Waals surface area contributed by atoms with Crippen molar-refractivity contribution in [2.24, 2.45) is 0 Å². The maximum atomic E-state index is 5.62. The third kappa shape index (κ3) is 3.43. The molecule has 1 aromatic rings. The second-order valence-corrected chi connectivity index (χ2v) is 3.19. The SMILES string of the molecule is C=Cc1cc(C(C)CC)oc1C=C.CC. The molecule has 0 aromatic carbocycles. The van der Waals surface area contributed by atoms with Crippen molar-refractivity contribution in [2.45, 2.75) is 40.0 Å². The van der Waals surface area contributed by atoms with Crippen molar-refractivity contribution in [1.82, 2.24) is 0 Å². The van der Waals surface area contributed by atoms with Gasteiger partial charge in [-0.3, -0.25) is 0 Å². The Morgan fingerprint density at radius 3 is 2.27 bits per heavy atom. The van der Waals surface area contributed by atoms with E-state index in [1.807, 2.05) is 19.9 Å². The van der Waals surface area contributed by atoms with Gasteiger partial charge < -0.3 is 4.42 Å². The molecular weight excluding hydrogens is 184 g/mol. The highest BCUT2D eigenvalue weighted by Gasteiger charge is 2.10. The molecular formula is C14H22O. The molecule has 1 atom stereocenters. The van der Waals surface area contributed by atoms with E-state index in [9.17, 15) is 0 Å². The highest BCUT2D eigenvalue weighted by atomic mass is 16.3. The van der Waals surface area contributed by atoms with Gasteiger partial charge in [0.2, 0.25) is 0 Å². The molecule has 0 N–H and O–H groups in total. The maximum absolute atomic E-state index is 5.62. The van der Waals surface area contributed by atoms with Crippen LogP contribution in [0, 0.1) is 0 Å². The predicted molar refractivity (Wildman–Crippen MR) is 68.9 cm³/mol. The van der Waals surface area contributed by atoms with Crippen LogP contribution in [0.2, 0.25) is 0 Å². The molecule has 0 spiro atoms. The van der Waals surface area contributed by atoms with Crippen molar-refractivity contribution in [2.75, 3.05) is 0 Å². The van der Waals surface area contributed by atoms with Crippen LogP contribution >= 0.6 is 0 Å². The molecule has 0 aliphatic rings. The molecule has 84 valence electrons. The van der Waals surface area contributed by atoms with Gasteiger partial charge in [0, 0.05) is 11.5 Å². The second kappa shape index (κ2) is 7.10. The van der Waals surface area contributed by atoms with Crippen molar-refractivity contribution in [3.05, 3.63) is 36.3 Å². The minimum Gasteiger partial charge on any atom is -0.461 e. The van der Waals surface area contributed by atoms with Gasteiger partial charge in [-0.25, -0.2) is 0 Å². The smallest absolute Gasteiger partial charge is 0.133 e. The quantitative estimate of drug-likeness (QED) is 0.667. The Labute approximate surface area is 93.5 Å². The lowest BCUT2D eigenvalue weighted by Gasteiger charge is -2.01. The standard InChI is InChI=1S/C12H16O.C2H6/c1-5-9(4)12-8-10(6-2)11(7-3)13-12;1-2/h6-9H,2-3,5H2,1,4H3;1-2H3. The zero-order valence-corrected chi connectivity index (χ0v) is 10.3. The van der Waals surface area contributed by atoms with Gasteiger partial charge >= 0.3 is 0 Å². The van der Waals surface area contributed by atoms with E-state index in [1.165, 1.54) is 0 Å². The van der Waals surface area contributed by atoms with Crippen LogP contribution in [-0.4, -0.2) is 0 Å². The Kier molecular flexibility index (Phi) is 6.52. The average molecular weight is 206 g/mol. The summed E-state index contributed by atoms with van der Waals surface area (Å²) in [7, 11) is 0. The van der Waals surface area contributed by atoms with Crippen LogP contribution in [0.4, 0.5) is 0 Å². The summed E-state index contributed by atoms with van der Waals surface area (Å²) in [6.45, 7) is 15.7. The predicted octanol–water partition coefficient (Wildman–Crippen LogP) is 5.11. The van der Waals surface area contributed by atoms with E-state index < -0.39 is 0 Å². The van der Waals surface area contributed by atoms with Crippen LogP contribution in [0.15, 0.2) is 23.6 Å². The molecule has 0 saturated heterocycles. The fourth-order valence-electron chi connectivity index (χ4n) is 1.20. The van der Waals surface area contributed by atoms with Crippen LogP contribution in [0.3, 0.4) is 0 Å².